The number of thiophene rings is 1. The van der Waals surface area contributed by atoms with Crippen LogP contribution >= 0.6 is 27.3 Å². The summed E-state index contributed by atoms with van der Waals surface area (Å²) >= 11 is 5.04. The molecule has 1 N–H and O–H groups in total. The van der Waals surface area contributed by atoms with Gasteiger partial charge in [0.25, 0.3) is 5.91 Å². The van der Waals surface area contributed by atoms with Gasteiger partial charge in [0, 0.05) is 21.3 Å². The molecule has 1 heterocycles. The average Bonchev–Trinajstić information content (AvgIpc) is 2.98. The van der Waals surface area contributed by atoms with Crippen molar-refractivity contribution in [3.05, 3.63) is 62.9 Å². The summed E-state index contributed by atoms with van der Waals surface area (Å²) in [7, 11) is 5.68. The normalized spacial score (nSPS) is 12.4. The van der Waals surface area contributed by atoms with Crippen LogP contribution in [0.15, 0.2) is 46.9 Å². The second-order valence-electron chi connectivity index (χ2n) is 6.63. The van der Waals surface area contributed by atoms with Gasteiger partial charge >= 0.3 is 0 Å². The van der Waals surface area contributed by atoms with Gasteiger partial charge in [-0.25, -0.2) is 0 Å². The van der Waals surface area contributed by atoms with Gasteiger partial charge in [-0.05, 0) is 56.2 Å². The molecule has 0 radical (unpaired) electrons. The van der Waals surface area contributed by atoms with E-state index in [-0.39, 0.29) is 11.9 Å². The maximum Gasteiger partial charge on any atom is 0.261 e. The van der Waals surface area contributed by atoms with Crippen molar-refractivity contribution in [3.63, 3.8) is 0 Å². The molecule has 0 bridgehead atoms. The molecule has 1 atom stereocenters. The summed E-state index contributed by atoms with van der Waals surface area (Å²) in [4.78, 5) is 15.7. The Bertz CT molecular complexity index is 968. The Morgan fingerprint density at radius 2 is 2.00 bits per heavy atom. The van der Waals surface area contributed by atoms with Gasteiger partial charge in [-0.3, -0.25) is 4.79 Å². The molecule has 0 fully saturated rings. The van der Waals surface area contributed by atoms with E-state index in [1.165, 1.54) is 11.3 Å². The maximum absolute atomic E-state index is 12.9. The van der Waals surface area contributed by atoms with Gasteiger partial charge in [0.15, 0.2) is 0 Å². The van der Waals surface area contributed by atoms with Crippen molar-refractivity contribution in [1.82, 2.24) is 10.2 Å². The molecule has 3 rings (SSSR count). The highest BCUT2D eigenvalue weighted by molar-refractivity contribution is 9.10. The first-order chi connectivity index (χ1) is 12.9. The van der Waals surface area contributed by atoms with Crippen LogP contribution in [0.5, 0.6) is 5.75 Å². The van der Waals surface area contributed by atoms with Gasteiger partial charge in [-0.1, -0.05) is 34.1 Å². The second-order valence-corrected chi connectivity index (χ2v) is 8.60. The minimum atomic E-state index is -0.0356. The van der Waals surface area contributed by atoms with E-state index in [1.807, 2.05) is 57.4 Å². The van der Waals surface area contributed by atoms with Crippen LogP contribution in [0.1, 0.15) is 26.8 Å². The van der Waals surface area contributed by atoms with Gasteiger partial charge in [-0.2, -0.15) is 0 Å². The number of benzene rings is 2. The van der Waals surface area contributed by atoms with Crippen LogP contribution in [0.3, 0.4) is 0 Å². The number of fused-ring (bicyclic) bond motifs is 1. The topological polar surface area (TPSA) is 41.6 Å². The van der Waals surface area contributed by atoms with Crippen LogP contribution < -0.4 is 10.1 Å². The summed E-state index contributed by atoms with van der Waals surface area (Å²) < 4.78 is 7.64. The Kier molecular flexibility index (Phi) is 6.19. The van der Waals surface area contributed by atoms with E-state index in [4.69, 9.17) is 4.74 Å². The van der Waals surface area contributed by atoms with Crippen LogP contribution in [0.2, 0.25) is 0 Å². The molecule has 27 heavy (non-hydrogen) atoms. The van der Waals surface area contributed by atoms with E-state index in [9.17, 15) is 4.79 Å². The second kappa shape index (κ2) is 8.42. The summed E-state index contributed by atoms with van der Waals surface area (Å²) in [6, 6.07) is 14.1. The van der Waals surface area contributed by atoms with E-state index in [0.29, 0.717) is 6.54 Å². The van der Waals surface area contributed by atoms with Crippen LogP contribution in [0.4, 0.5) is 0 Å². The molecule has 3 aromatic rings. The molecule has 1 unspecified atom stereocenters. The highest BCUT2D eigenvalue weighted by atomic mass is 79.9. The summed E-state index contributed by atoms with van der Waals surface area (Å²) in [5.41, 5.74) is 2.08. The lowest BCUT2D eigenvalue weighted by Gasteiger charge is -2.26. The van der Waals surface area contributed by atoms with E-state index in [0.717, 1.165) is 36.3 Å². The molecule has 6 heteroatoms. The largest absolute Gasteiger partial charge is 0.496 e. The van der Waals surface area contributed by atoms with Crippen molar-refractivity contribution in [3.8, 4) is 5.75 Å². The molecular weight excluding hydrogens is 424 g/mol. The lowest BCUT2D eigenvalue weighted by atomic mass is 10.0. The van der Waals surface area contributed by atoms with Crippen LogP contribution in [-0.2, 0) is 0 Å². The number of aryl methyl sites for hydroxylation is 1. The van der Waals surface area contributed by atoms with Crippen LogP contribution in [0.25, 0.3) is 10.1 Å². The van der Waals surface area contributed by atoms with E-state index >= 15 is 0 Å². The molecule has 2 aromatic carbocycles. The maximum atomic E-state index is 12.9. The number of nitrogens with zero attached hydrogens (tertiary/aromatic N) is 1. The number of hydrogen-bond acceptors (Lipinski definition) is 4. The third-order valence-corrected chi connectivity index (χ3v) is 6.45. The Hall–Kier alpha value is -1.89. The first-order valence-corrected chi connectivity index (χ1v) is 10.3. The Morgan fingerprint density at radius 3 is 2.70 bits per heavy atom. The molecule has 0 aliphatic rings. The van der Waals surface area contributed by atoms with Crippen LogP contribution in [-0.4, -0.2) is 38.6 Å². The summed E-state index contributed by atoms with van der Waals surface area (Å²) in [6.07, 6.45) is 0. The molecule has 0 saturated heterocycles. The first kappa shape index (κ1) is 19.9. The number of rotatable bonds is 6. The van der Waals surface area contributed by atoms with Crippen molar-refractivity contribution in [2.45, 2.75) is 13.0 Å². The molecular formula is C21H23BrN2O2S. The molecule has 0 aliphatic carbocycles. The van der Waals surface area contributed by atoms with Crippen LogP contribution in [0, 0.1) is 6.92 Å². The quantitative estimate of drug-likeness (QED) is 0.578. The highest BCUT2D eigenvalue weighted by Gasteiger charge is 2.21. The van der Waals surface area contributed by atoms with Crippen molar-refractivity contribution in [1.29, 1.82) is 0 Å². The van der Waals surface area contributed by atoms with Crippen molar-refractivity contribution in [2.24, 2.45) is 0 Å². The Labute approximate surface area is 172 Å². The van der Waals surface area contributed by atoms with Gasteiger partial charge in [0.1, 0.15) is 5.75 Å². The monoisotopic (exact) mass is 446 g/mol. The Morgan fingerprint density at radius 1 is 1.26 bits per heavy atom. The minimum Gasteiger partial charge on any atom is -0.496 e. The number of likely N-dealkylation sites (N-methyl/N-ethyl adjacent to an activating group) is 1. The van der Waals surface area contributed by atoms with Crippen molar-refractivity contribution < 1.29 is 9.53 Å². The SMILES string of the molecule is COc1ccccc1C(CNC(=O)c1sc2ccc(Br)cc2c1C)N(C)C. The Balaban J connectivity index is 1.82. The predicted octanol–water partition coefficient (Wildman–Crippen LogP) is 5.01. The minimum absolute atomic E-state index is 0.0222. The smallest absolute Gasteiger partial charge is 0.261 e. The third kappa shape index (κ3) is 4.18. The van der Waals surface area contributed by atoms with Gasteiger partial charge in [0.05, 0.1) is 18.0 Å². The summed E-state index contributed by atoms with van der Waals surface area (Å²) in [5, 5.41) is 4.23. The van der Waals surface area contributed by atoms with E-state index in [1.54, 1.807) is 7.11 Å². The van der Waals surface area contributed by atoms with E-state index in [2.05, 4.69) is 32.2 Å². The molecule has 142 valence electrons. The lowest BCUT2D eigenvalue weighted by Crippen LogP contribution is -2.34. The van der Waals surface area contributed by atoms with Crippen molar-refractivity contribution in [2.75, 3.05) is 27.7 Å². The molecule has 0 spiro atoms. The number of amides is 1. The predicted molar refractivity (Wildman–Crippen MR) is 116 cm³/mol. The number of para-hydroxylation sites is 1. The zero-order valence-corrected chi connectivity index (χ0v) is 18.3. The third-order valence-electron chi connectivity index (χ3n) is 4.68. The fraction of sp³-hybridized carbons (Fsp3) is 0.286. The van der Waals surface area contributed by atoms with Gasteiger partial charge in [-0.15, -0.1) is 11.3 Å². The zero-order chi connectivity index (χ0) is 19.6. The number of ether oxygens (including phenoxy) is 1. The van der Waals surface area contributed by atoms with Gasteiger partial charge < -0.3 is 15.0 Å². The fourth-order valence-electron chi connectivity index (χ4n) is 3.19. The van der Waals surface area contributed by atoms with Gasteiger partial charge in [0.2, 0.25) is 0 Å². The first-order valence-electron chi connectivity index (χ1n) is 8.68. The average molecular weight is 447 g/mol. The number of halogens is 1. The number of carbonyl (C=O) groups is 1. The summed E-state index contributed by atoms with van der Waals surface area (Å²) in [5.74, 6) is 0.792. The molecule has 1 amide bonds. The standard InChI is InChI=1S/C21H23BrN2O2S/c1-13-16-11-14(22)9-10-19(16)27-20(13)21(25)23-12-17(24(2)3)15-7-5-6-8-18(15)26-4/h5-11,17H,12H2,1-4H3,(H,23,25). The highest BCUT2D eigenvalue weighted by Crippen LogP contribution is 2.33. The number of carbonyl (C=O) groups excluding carboxylic acids is 1. The van der Waals surface area contributed by atoms with Crippen molar-refractivity contribution >= 4 is 43.3 Å². The molecule has 4 nitrogen and oxygen atoms in total. The summed E-state index contributed by atoms with van der Waals surface area (Å²) in [6.45, 7) is 2.51. The zero-order valence-electron chi connectivity index (χ0n) is 15.9. The number of nitrogens with one attached hydrogen (secondary N) is 1. The molecule has 0 saturated carbocycles. The molecule has 1 aromatic heterocycles. The molecule has 0 aliphatic heterocycles. The number of hydrogen-bond donors (Lipinski definition) is 1. The number of methoxy groups -OCH3 is 1. The lowest BCUT2D eigenvalue weighted by molar-refractivity contribution is 0.0945. The fourth-order valence-corrected chi connectivity index (χ4v) is 4.66. The van der Waals surface area contributed by atoms with E-state index < -0.39 is 0 Å².